The number of hydrogen-bond acceptors (Lipinski definition) is 2. The van der Waals surface area contributed by atoms with Gasteiger partial charge in [0.05, 0.1) is 11.1 Å². The smallest absolute Gasteiger partial charge is 0.195 e. The Morgan fingerprint density at radius 3 is 2.36 bits per heavy atom. The number of carbonyl (C=O) groups is 1. The predicted molar refractivity (Wildman–Crippen MR) is 116 cm³/mol. The van der Waals surface area contributed by atoms with Crippen molar-refractivity contribution in [3.8, 4) is 0 Å². The minimum Gasteiger partial charge on any atom is -0.358 e. The van der Waals surface area contributed by atoms with Gasteiger partial charge >= 0.3 is 0 Å². The summed E-state index contributed by atoms with van der Waals surface area (Å²) in [5.74, 6) is 0.0795. The van der Waals surface area contributed by atoms with E-state index in [1.807, 2.05) is 42.5 Å². The largest absolute Gasteiger partial charge is 0.358 e. The van der Waals surface area contributed by atoms with Gasteiger partial charge in [-0.15, -0.1) is 0 Å². The summed E-state index contributed by atoms with van der Waals surface area (Å²) in [6.45, 7) is 7.18. The van der Waals surface area contributed by atoms with Crippen molar-refractivity contribution >= 4 is 16.7 Å². The second-order valence-corrected chi connectivity index (χ2v) is 7.36. The van der Waals surface area contributed by atoms with Crippen molar-refractivity contribution in [3.63, 3.8) is 0 Å². The fourth-order valence-electron chi connectivity index (χ4n) is 3.81. The molecule has 0 spiro atoms. The molecule has 1 aromatic heterocycles. The van der Waals surface area contributed by atoms with Crippen molar-refractivity contribution in [3.05, 3.63) is 71.4 Å². The Kier molecular flexibility index (Phi) is 7.05. The van der Waals surface area contributed by atoms with E-state index >= 15 is 0 Å². The van der Waals surface area contributed by atoms with Crippen LogP contribution in [-0.4, -0.2) is 17.0 Å². The van der Waals surface area contributed by atoms with Crippen LogP contribution in [0.25, 0.3) is 10.9 Å². The zero-order valence-electron chi connectivity index (χ0n) is 17.3. The molecule has 1 heterocycles. The summed E-state index contributed by atoms with van der Waals surface area (Å²) in [5, 5.41) is 1.01. The number of ether oxygens (including phenoxy) is 1. The van der Waals surface area contributed by atoms with E-state index in [4.69, 9.17) is 4.74 Å². The highest BCUT2D eigenvalue weighted by molar-refractivity contribution is 6.17. The van der Waals surface area contributed by atoms with Crippen LogP contribution in [0, 0.1) is 6.92 Å². The minimum absolute atomic E-state index is 0.0336. The van der Waals surface area contributed by atoms with Gasteiger partial charge < -0.3 is 9.30 Å². The second kappa shape index (κ2) is 9.70. The predicted octanol–water partition coefficient (Wildman–Crippen LogP) is 6.69. The molecule has 0 aliphatic heterocycles. The highest BCUT2D eigenvalue weighted by Gasteiger charge is 2.24. The summed E-state index contributed by atoms with van der Waals surface area (Å²) >= 11 is 0. The van der Waals surface area contributed by atoms with Crippen LogP contribution in [0.4, 0.5) is 0 Å². The van der Waals surface area contributed by atoms with Crippen molar-refractivity contribution in [2.75, 3.05) is 6.61 Å². The van der Waals surface area contributed by atoms with Crippen molar-refractivity contribution < 1.29 is 9.53 Å². The quantitative estimate of drug-likeness (QED) is 0.291. The van der Waals surface area contributed by atoms with Crippen molar-refractivity contribution in [1.82, 2.24) is 4.57 Å². The van der Waals surface area contributed by atoms with E-state index in [-0.39, 0.29) is 12.0 Å². The summed E-state index contributed by atoms with van der Waals surface area (Å²) in [5.41, 5.74) is 3.59. The van der Waals surface area contributed by atoms with Gasteiger partial charge in [-0.3, -0.25) is 4.79 Å². The van der Waals surface area contributed by atoms with E-state index in [0.717, 1.165) is 66.4 Å². The number of aromatic nitrogens is 1. The van der Waals surface area contributed by atoms with Crippen LogP contribution in [0.1, 0.15) is 73.8 Å². The molecule has 0 radical (unpaired) electrons. The second-order valence-electron chi connectivity index (χ2n) is 7.36. The summed E-state index contributed by atoms with van der Waals surface area (Å²) in [6.07, 6.45) is 5.32. The monoisotopic (exact) mass is 377 g/mol. The molecular formula is C25H31NO2. The summed E-state index contributed by atoms with van der Waals surface area (Å²) in [4.78, 5) is 13.3. The maximum absolute atomic E-state index is 13.3. The molecule has 1 atom stereocenters. The number of fused-ring (bicyclic) bond motifs is 1. The van der Waals surface area contributed by atoms with Gasteiger partial charge in [0.25, 0.3) is 0 Å². The van der Waals surface area contributed by atoms with Gasteiger partial charge in [0.1, 0.15) is 6.23 Å². The molecule has 148 valence electrons. The van der Waals surface area contributed by atoms with E-state index in [9.17, 15) is 4.79 Å². The standard InChI is InChI=1S/C25H31NO2/c1-4-6-17-23(28-18-7-5-2)26-19(3)24(21-15-11-12-16-22(21)26)25(27)20-13-9-8-10-14-20/h8-16,23H,4-7,17-18H2,1-3H3. The summed E-state index contributed by atoms with van der Waals surface area (Å²) < 4.78 is 8.56. The molecule has 3 nitrogen and oxygen atoms in total. The number of para-hydroxylation sites is 1. The van der Waals surface area contributed by atoms with Gasteiger partial charge in [0.2, 0.25) is 0 Å². The minimum atomic E-state index is -0.0336. The Morgan fingerprint density at radius 2 is 1.64 bits per heavy atom. The molecular weight excluding hydrogens is 346 g/mol. The maximum atomic E-state index is 13.3. The zero-order chi connectivity index (χ0) is 19.9. The first-order chi connectivity index (χ1) is 13.7. The molecule has 3 rings (SSSR count). The average Bonchev–Trinajstić information content (AvgIpc) is 3.02. The zero-order valence-corrected chi connectivity index (χ0v) is 17.3. The first kappa shape index (κ1) is 20.3. The van der Waals surface area contributed by atoms with Crippen LogP contribution in [0.2, 0.25) is 0 Å². The maximum Gasteiger partial charge on any atom is 0.195 e. The number of nitrogens with zero attached hydrogens (tertiary/aromatic N) is 1. The number of hydrogen-bond donors (Lipinski definition) is 0. The lowest BCUT2D eigenvalue weighted by Crippen LogP contribution is -2.16. The lowest BCUT2D eigenvalue weighted by atomic mass is 10.0. The highest BCUT2D eigenvalue weighted by Crippen LogP contribution is 2.33. The van der Waals surface area contributed by atoms with Crippen LogP contribution in [0.3, 0.4) is 0 Å². The normalized spacial score (nSPS) is 12.4. The Hall–Kier alpha value is -2.39. The molecule has 3 aromatic rings. The van der Waals surface area contributed by atoms with E-state index in [1.54, 1.807) is 0 Å². The van der Waals surface area contributed by atoms with Crippen LogP contribution >= 0.6 is 0 Å². The Bertz CT molecular complexity index is 911. The van der Waals surface area contributed by atoms with Gasteiger partial charge in [-0.25, -0.2) is 0 Å². The molecule has 1 unspecified atom stereocenters. The Morgan fingerprint density at radius 1 is 0.964 bits per heavy atom. The van der Waals surface area contributed by atoms with Gasteiger partial charge in [0, 0.05) is 23.3 Å². The van der Waals surface area contributed by atoms with E-state index in [2.05, 4.69) is 37.5 Å². The molecule has 0 fully saturated rings. The lowest BCUT2D eigenvalue weighted by Gasteiger charge is -2.22. The summed E-state index contributed by atoms with van der Waals surface area (Å²) in [6, 6.07) is 17.8. The number of carbonyl (C=O) groups excluding carboxylic acids is 1. The van der Waals surface area contributed by atoms with E-state index < -0.39 is 0 Å². The number of rotatable bonds is 10. The third-order valence-electron chi connectivity index (χ3n) is 5.32. The van der Waals surface area contributed by atoms with Crippen LogP contribution in [0.15, 0.2) is 54.6 Å². The van der Waals surface area contributed by atoms with Crippen LogP contribution < -0.4 is 0 Å². The van der Waals surface area contributed by atoms with Gasteiger partial charge in [0.15, 0.2) is 5.78 Å². The molecule has 28 heavy (non-hydrogen) atoms. The van der Waals surface area contributed by atoms with E-state index in [0.29, 0.717) is 0 Å². The molecule has 2 aromatic carbocycles. The topological polar surface area (TPSA) is 31.2 Å². The van der Waals surface area contributed by atoms with Crippen molar-refractivity contribution in [2.45, 2.75) is 59.1 Å². The highest BCUT2D eigenvalue weighted by atomic mass is 16.5. The average molecular weight is 378 g/mol. The molecule has 0 saturated heterocycles. The number of benzene rings is 2. The molecule has 0 bridgehead atoms. The number of ketones is 1. The lowest BCUT2D eigenvalue weighted by molar-refractivity contribution is -0.00443. The third kappa shape index (κ3) is 4.20. The molecule has 0 amide bonds. The Labute approximate surface area is 168 Å². The third-order valence-corrected chi connectivity index (χ3v) is 5.32. The first-order valence-corrected chi connectivity index (χ1v) is 10.5. The molecule has 0 aliphatic carbocycles. The summed E-state index contributed by atoms with van der Waals surface area (Å²) in [7, 11) is 0. The van der Waals surface area contributed by atoms with Gasteiger partial charge in [-0.05, 0) is 32.3 Å². The van der Waals surface area contributed by atoms with Crippen LogP contribution in [-0.2, 0) is 4.74 Å². The molecule has 0 N–H and O–H groups in total. The fourth-order valence-corrected chi connectivity index (χ4v) is 3.81. The molecule has 0 saturated carbocycles. The van der Waals surface area contributed by atoms with Crippen LogP contribution in [0.5, 0.6) is 0 Å². The van der Waals surface area contributed by atoms with Gasteiger partial charge in [-0.1, -0.05) is 75.2 Å². The molecule has 3 heteroatoms. The van der Waals surface area contributed by atoms with Gasteiger partial charge in [-0.2, -0.15) is 0 Å². The van der Waals surface area contributed by atoms with Crippen molar-refractivity contribution in [1.29, 1.82) is 0 Å². The SMILES string of the molecule is CCCCOC(CCCC)n1c(C)c(C(=O)c2ccccc2)c2ccccc21. The van der Waals surface area contributed by atoms with E-state index in [1.165, 1.54) is 0 Å². The number of unbranched alkanes of at least 4 members (excludes halogenated alkanes) is 2. The molecule has 0 aliphatic rings. The first-order valence-electron chi connectivity index (χ1n) is 10.5. The Balaban J connectivity index is 2.09. The van der Waals surface area contributed by atoms with Crippen molar-refractivity contribution in [2.24, 2.45) is 0 Å². The fraction of sp³-hybridized carbons (Fsp3) is 0.400.